The van der Waals surface area contributed by atoms with Gasteiger partial charge in [0.1, 0.15) is 0 Å². The van der Waals surface area contributed by atoms with Gasteiger partial charge in [0.25, 0.3) is 0 Å². The van der Waals surface area contributed by atoms with E-state index in [2.05, 4.69) is 52.9 Å². The van der Waals surface area contributed by atoms with Crippen molar-refractivity contribution in [2.45, 2.75) is 25.4 Å². The highest BCUT2D eigenvalue weighted by molar-refractivity contribution is 14.1. The molecule has 0 fully saturated rings. The molecule has 2 aromatic rings. The zero-order valence-corrected chi connectivity index (χ0v) is 12.4. The molecule has 1 N–H and O–H groups in total. The second-order valence-corrected chi connectivity index (χ2v) is 5.64. The van der Waals surface area contributed by atoms with E-state index in [9.17, 15) is 5.11 Å². The van der Waals surface area contributed by atoms with Crippen LogP contribution in [0.25, 0.3) is 0 Å². The maximum Gasteiger partial charge on any atom is 0.0583 e. The van der Waals surface area contributed by atoms with Crippen LogP contribution in [0.4, 0.5) is 0 Å². The smallest absolute Gasteiger partial charge is 0.0583 e. The first-order valence-electron chi connectivity index (χ1n) is 6.21. The average molecular weight is 352 g/mol. The van der Waals surface area contributed by atoms with Crippen molar-refractivity contribution in [1.29, 1.82) is 0 Å². The molecule has 0 heterocycles. The predicted molar refractivity (Wildman–Crippen MR) is 83.6 cm³/mol. The van der Waals surface area contributed by atoms with Gasteiger partial charge < -0.3 is 5.11 Å². The molecule has 2 aromatic carbocycles. The van der Waals surface area contributed by atoms with E-state index in [-0.39, 0.29) is 6.10 Å². The van der Waals surface area contributed by atoms with Crippen molar-refractivity contribution < 1.29 is 5.11 Å². The van der Waals surface area contributed by atoms with E-state index in [1.165, 1.54) is 14.7 Å². The standard InChI is InChI=1S/C16H17IO/c17-16-9-5-4-8-14(16)10-11-15(18)12-13-6-2-1-3-7-13/h1-9,15,18H,10-12H2. The maximum atomic E-state index is 10.1. The minimum absolute atomic E-state index is 0.261. The molecule has 0 saturated heterocycles. The summed E-state index contributed by atoms with van der Waals surface area (Å²) in [4.78, 5) is 0. The van der Waals surface area contributed by atoms with Crippen molar-refractivity contribution in [1.82, 2.24) is 0 Å². The molecule has 0 aliphatic carbocycles. The van der Waals surface area contributed by atoms with Gasteiger partial charge in [-0.1, -0.05) is 48.5 Å². The second-order valence-electron chi connectivity index (χ2n) is 4.47. The van der Waals surface area contributed by atoms with E-state index < -0.39 is 0 Å². The first kappa shape index (κ1) is 13.6. The Labute approximate surface area is 122 Å². The Morgan fingerprint density at radius 2 is 1.61 bits per heavy atom. The van der Waals surface area contributed by atoms with Crippen molar-refractivity contribution in [3.8, 4) is 0 Å². The lowest BCUT2D eigenvalue weighted by atomic mass is 10.0. The Kier molecular flexibility index (Phi) is 5.20. The predicted octanol–water partition coefficient (Wildman–Crippen LogP) is 3.83. The summed E-state index contributed by atoms with van der Waals surface area (Å²) in [6.07, 6.45) is 2.23. The third kappa shape index (κ3) is 4.10. The molecule has 0 bridgehead atoms. The number of rotatable bonds is 5. The van der Waals surface area contributed by atoms with Gasteiger partial charge in [0.05, 0.1) is 6.10 Å². The minimum Gasteiger partial charge on any atom is -0.393 e. The summed E-state index contributed by atoms with van der Waals surface area (Å²) in [6.45, 7) is 0. The molecule has 2 rings (SSSR count). The monoisotopic (exact) mass is 352 g/mol. The lowest BCUT2D eigenvalue weighted by Crippen LogP contribution is -2.11. The second kappa shape index (κ2) is 6.90. The van der Waals surface area contributed by atoms with E-state index in [4.69, 9.17) is 0 Å². The molecule has 1 unspecified atom stereocenters. The van der Waals surface area contributed by atoms with Gasteiger partial charge in [-0.05, 0) is 59.0 Å². The largest absolute Gasteiger partial charge is 0.393 e. The number of benzene rings is 2. The third-order valence-corrected chi connectivity index (χ3v) is 4.07. The first-order chi connectivity index (χ1) is 8.75. The van der Waals surface area contributed by atoms with Crippen LogP contribution in [0.5, 0.6) is 0 Å². The van der Waals surface area contributed by atoms with Crippen molar-refractivity contribution in [3.05, 3.63) is 69.3 Å². The lowest BCUT2D eigenvalue weighted by molar-refractivity contribution is 0.165. The van der Waals surface area contributed by atoms with Crippen molar-refractivity contribution in [2.24, 2.45) is 0 Å². The highest BCUT2D eigenvalue weighted by Crippen LogP contribution is 2.15. The summed E-state index contributed by atoms with van der Waals surface area (Å²) in [6, 6.07) is 18.5. The Balaban J connectivity index is 1.86. The van der Waals surface area contributed by atoms with Gasteiger partial charge in [-0.2, -0.15) is 0 Å². The van der Waals surface area contributed by atoms with E-state index in [1.54, 1.807) is 0 Å². The van der Waals surface area contributed by atoms with Crippen molar-refractivity contribution in [3.63, 3.8) is 0 Å². The Morgan fingerprint density at radius 3 is 2.33 bits per heavy atom. The quantitative estimate of drug-likeness (QED) is 0.811. The van der Waals surface area contributed by atoms with Gasteiger partial charge in [-0.15, -0.1) is 0 Å². The van der Waals surface area contributed by atoms with E-state index in [1.807, 2.05) is 24.3 Å². The van der Waals surface area contributed by atoms with Crippen LogP contribution in [-0.2, 0) is 12.8 Å². The third-order valence-electron chi connectivity index (χ3n) is 3.02. The molecule has 0 aliphatic heterocycles. The molecule has 0 spiro atoms. The van der Waals surface area contributed by atoms with Gasteiger partial charge in [-0.25, -0.2) is 0 Å². The molecule has 0 saturated carbocycles. The molecule has 1 nitrogen and oxygen atoms in total. The minimum atomic E-state index is -0.261. The molecule has 2 heteroatoms. The number of aliphatic hydroxyl groups is 1. The summed E-state index contributed by atoms with van der Waals surface area (Å²) in [5.74, 6) is 0. The molecular weight excluding hydrogens is 335 g/mol. The van der Waals surface area contributed by atoms with E-state index in [0.29, 0.717) is 0 Å². The molecule has 0 radical (unpaired) electrons. The van der Waals surface area contributed by atoms with E-state index >= 15 is 0 Å². The van der Waals surface area contributed by atoms with Crippen LogP contribution in [0.1, 0.15) is 17.5 Å². The molecular formula is C16H17IO. The van der Waals surface area contributed by atoms with Crippen molar-refractivity contribution >= 4 is 22.6 Å². The zero-order chi connectivity index (χ0) is 12.8. The fraction of sp³-hybridized carbons (Fsp3) is 0.250. The number of aryl methyl sites for hydroxylation is 1. The number of hydrogen-bond acceptors (Lipinski definition) is 1. The molecule has 1 atom stereocenters. The summed E-state index contributed by atoms with van der Waals surface area (Å²) in [5, 5.41) is 10.1. The van der Waals surface area contributed by atoms with Crippen LogP contribution < -0.4 is 0 Å². The van der Waals surface area contributed by atoms with Crippen LogP contribution in [0, 0.1) is 3.57 Å². The van der Waals surface area contributed by atoms with Gasteiger partial charge in [0.2, 0.25) is 0 Å². The van der Waals surface area contributed by atoms with Gasteiger partial charge in [0, 0.05) is 3.57 Å². The topological polar surface area (TPSA) is 20.2 Å². The van der Waals surface area contributed by atoms with Crippen LogP contribution in [0.15, 0.2) is 54.6 Å². The van der Waals surface area contributed by atoms with E-state index in [0.717, 1.165) is 19.3 Å². The summed E-state index contributed by atoms with van der Waals surface area (Å²) < 4.78 is 1.28. The van der Waals surface area contributed by atoms with Gasteiger partial charge in [-0.3, -0.25) is 0 Å². The van der Waals surface area contributed by atoms with Crippen LogP contribution >= 0.6 is 22.6 Å². The fourth-order valence-electron chi connectivity index (χ4n) is 2.01. The molecule has 0 aliphatic rings. The summed E-state index contributed by atoms with van der Waals surface area (Å²) in [7, 11) is 0. The normalized spacial score (nSPS) is 12.3. The van der Waals surface area contributed by atoms with Gasteiger partial charge in [0.15, 0.2) is 0 Å². The molecule has 0 amide bonds. The summed E-state index contributed by atoms with van der Waals surface area (Å²) in [5.41, 5.74) is 2.53. The van der Waals surface area contributed by atoms with Crippen LogP contribution in [0.3, 0.4) is 0 Å². The highest BCUT2D eigenvalue weighted by atomic mass is 127. The Morgan fingerprint density at radius 1 is 0.944 bits per heavy atom. The number of hydrogen-bond donors (Lipinski definition) is 1. The fourth-order valence-corrected chi connectivity index (χ4v) is 2.67. The Bertz CT molecular complexity index is 481. The van der Waals surface area contributed by atoms with Gasteiger partial charge >= 0.3 is 0 Å². The average Bonchev–Trinajstić information content (AvgIpc) is 2.39. The first-order valence-corrected chi connectivity index (χ1v) is 7.29. The van der Waals surface area contributed by atoms with Crippen LogP contribution in [0.2, 0.25) is 0 Å². The molecule has 0 aromatic heterocycles. The van der Waals surface area contributed by atoms with Crippen molar-refractivity contribution in [2.75, 3.05) is 0 Å². The highest BCUT2D eigenvalue weighted by Gasteiger charge is 2.07. The zero-order valence-electron chi connectivity index (χ0n) is 10.2. The molecule has 18 heavy (non-hydrogen) atoms. The number of halogens is 1. The maximum absolute atomic E-state index is 10.1. The number of aliphatic hydroxyl groups excluding tert-OH is 1. The van der Waals surface area contributed by atoms with Crippen LogP contribution in [-0.4, -0.2) is 11.2 Å². The summed E-state index contributed by atoms with van der Waals surface area (Å²) >= 11 is 2.35. The molecule has 94 valence electrons. The Hall–Kier alpha value is -0.870. The SMILES string of the molecule is OC(CCc1ccccc1I)Cc1ccccc1. The lowest BCUT2D eigenvalue weighted by Gasteiger charge is -2.11.